The molecule has 0 radical (unpaired) electrons. The van der Waals surface area contributed by atoms with Gasteiger partial charge < -0.3 is 16.2 Å². The smallest absolute Gasteiger partial charge is 0.255 e. The van der Waals surface area contributed by atoms with Gasteiger partial charge in [-0.25, -0.2) is 0 Å². The van der Waals surface area contributed by atoms with Gasteiger partial charge in [0.05, 0.1) is 11.4 Å². The third-order valence-electron chi connectivity index (χ3n) is 2.66. The third kappa shape index (κ3) is 2.43. The Balaban J connectivity index is 2.25. The SMILES string of the molecule is Cc1cc(O)ccc1C(=O)Nc1ccccc1N. The number of nitrogen functional groups attached to an aromatic ring is 1. The number of para-hydroxylation sites is 2. The molecule has 92 valence electrons. The van der Waals surface area contributed by atoms with E-state index < -0.39 is 0 Å². The zero-order valence-electron chi connectivity index (χ0n) is 9.97. The maximum absolute atomic E-state index is 12.1. The van der Waals surface area contributed by atoms with Crippen molar-refractivity contribution in [3.63, 3.8) is 0 Å². The zero-order chi connectivity index (χ0) is 13.1. The van der Waals surface area contributed by atoms with Crippen molar-refractivity contribution in [2.75, 3.05) is 11.1 Å². The summed E-state index contributed by atoms with van der Waals surface area (Å²) >= 11 is 0. The fourth-order valence-corrected chi connectivity index (χ4v) is 1.70. The monoisotopic (exact) mass is 242 g/mol. The second-order valence-corrected chi connectivity index (χ2v) is 4.04. The molecule has 0 unspecified atom stereocenters. The summed E-state index contributed by atoms with van der Waals surface area (Å²) in [5.41, 5.74) is 8.07. The molecule has 0 saturated carbocycles. The van der Waals surface area contributed by atoms with Crippen LogP contribution in [0.2, 0.25) is 0 Å². The summed E-state index contributed by atoms with van der Waals surface area (Å²) in [5, 5.41) is 12.0. The standard InChI is InChI=1S/C14H14N2O2/c1-9-8-10(17)6-7-11(9)14(18)16-13-5-3-2-4-12(13)15/h2-8,17H,15H2,1H3,(H,16,18). The number of aromatic hydroxyl groups is 1. The van der Waals surface area contributed by atoms with Crippen LogP contribution in [0.15, 0.2) is 42.5 Å². The summed E-state index contributed by atoms with van der Waals surface area (Å²) in [4.78, 5) is 12.1. The number of aryl methyl sites for hydroxylation is 1. The quantitative estimate of drug-likeness (QED) is 0.708. The summed E-state index contributed by atoms with van der Waals surface area (Å²) in [7, 11) is 0. The lowest BCUT2D eigenvalue weighted by atomic mass is 10.1. The Hall–Kier alpha value is -2.49. The van der Waals surface area contributed by atoms with Crippen molar-refractivity contribution in [1.29, 1.82) is 0 Å². The van der Waals surface area contributed by atoms with Crippen molar-refractivity contribution in [3.05, 3.63) is 53.6 Å². The Labute approximate surface area is 105 Å². The van der Waals surface area contributed by atoms with E-state index in [1.807, 2.05) is 0 Å². The maximum atomic E-state index is 12.1. The van der Waals surface area contributed by atoms with Gasteiger partial charge in [0, 0.05) is 5.56 Å². The van der Waals surface area contributed by atoms with Crippen LogP contribution in [0.3, 0.4) is 0 Å². The first-order chi connectivity index (χ1) is 8.58. The Morgan fingerprint density at radius 1 is 1.22 bits per heavy atom. The number of benzene rings is 2. The van der Waals surface area contributed by atoms with Crippen molar-refractivity contribution < 1.29 is 9.90 Å². The van der Waals surface area contributed by atoms with Crippen LogP contribution < -0.4 is 11.1 Å². The summed E-state index contributed by atoms with van der Waals surface area (Å²) in [6, 6.07) is 11.7. The average Bonchev–Trinajstić information content (AvgIpc) is 2.32. The molecule has 0 atom stereocenters. The normalized spacial score (nSPS) is 10.1. The van der Waals surface area contributed by atoms with Crippen LogP contribution in [-0.4, -0.2) is 11.0 Å². The molecule has 0 saturated heterocycles. The Bertz CT molecular complexity index is 594. The topological polar surface area (TPSA) is 75.3 Å². The lowest BCUT2D eigenvalue weighted by Crippen LogP contribution is -2.14. The van der Waals surface area contributed by atoms with Gasteiger partial charge in [0.2, 0.25) is 0 Å². The molecule has 0 aliphatic carbocycles. The number of carbonyl (C=O) groups is 1. The fourth-order valence-electron chi connectivity index (χ4n) is 1.70. The molecular weight excluding hydrogens is 228 g/mol. The molecule has 0 fully saturated rings. The van der Waals surface area contributed by atoms with Crippen molar-refractivity contribution in [2.24, 2.45) is 0 Å². The minimum atomic E-state index is -0.245. The highest BCUT2D eigenvalue weighted by Gasteiger charge is 2.10. The van der Waals surface area contributed by atoms with Crippen molar-refractivity contribution in [2.45, 2.75) is 6.92 Å². The number of rotatable bonds is 2. The van der Waals surface area contributed by atoms with Gasteiger partial charge in [0.15, 0.2) is 0 Å². The van der Waals surface area contributed by atoms with Crippen molar-refractivity contribution in [1.82, 2.24) is 0 Å². The number of anilines is 2. The first kappa shape index (κ1) is 12.0. The highest BCUT2D eigenvalue weighted by Crippen LogP contribution is 2.20. The van der Waals surface area contributed by atoms with Gasteiger partial charge in [-0.3, -0.25) is 4.79 Å². The number of nitrogens with one attached hydrogen (secondary N) is 1. The molecule has 0 spiro atoms. The predicted octanol–water partition coefficient (Wildman–Crippen LogP) is 2.54. The molecule has 2 rings (SSSR count). The van der Waals surface area contributed by atoms with Crippen LogP contribution >= 0.6 is 0 Å². The van der Waals surface area contributed by atoms with Gasteiger partial charge in [-0.15, -0.1) is 0 Å². The summed E-state index contributed by atoms with van der Waals surface area (Å²) in [6.45, 7) is 1.77. The molecule has 4 N–H and O–H groups in total. The van der Waals surface area contributed by atoms with Gasteiger partial charge in [-0.1, -0.05) is 12.1 Å². The van der Waals surface area contributed by atoms with Crippen LogP contribution in [0.4, 0.5) is 11.4 Å². The molecule has 18 heavy (non-hydrogen) atoms. The first-order valence-corrected chi connectivity index (χ1v) is 5.53. The average molecular weight is 242 g/mol. The van der Waals surface area contributed by atoms with E-state index >= 15 is 0 Å². The van der Waals surface area contributed by atoms with E-state index in [-0.39, 0.29) is 11.7 Å². The summed E-state index contributed by atoms with van der Waals surface area (Å²) in [6.07, 6.45) is 0. The zero-order valence-corrected chi connectivity index (χ0v) is 9.97. The number of carbonyl (C=O) groups excluding carboxylic acids is 1. The molecule has 0 heterocycles. The van der Waals surface area contributed by atoms with Crippen LogP contribution in [0.25, 0.3) is 0 Å². The molecule has 4 nitrogen and oxygen atoms in total. The van der Waals surface area contributed by atoms with Gasteiger partial charge >= 0.3 is 0 Å². The summed E-state index contributed by atoms with van der Waals surface area (Å²) < 4.78 is 0. The molecule has 0 aliphatic rings. The predicted molar refractivity (Wildman–Crippen MR) is 71.7 cm³/mol. The van der Waals surface area contributed by atoms with Gasteiger partial charge in [0.1, 0.15) is 5.75 Å². The molecule has 0 aliphatic heterocycles. The molecule has 0 aromatic heterocycles. The number of phenolic OH excluding ortho intramolecular Hbond substituents is 1. The lowest BCUT2D eigenvalue weighted by molar-refractivity contribution is 0.102. The van der Waals surface area contributed by atoms with Crippen molar-refractivity contribution >= 4 is 17.3 Å². The third-order valence-corrected chi connectivity index (χ3v) is 2.66. The minimum absolute atomic E-state index is 0.142. The van der Waals surface area contributed by atoms with Crippen LogP contribution in [0.1, 0.15) is 15.9 Å². The Morgan fingerprint density at radius 3 is 2.61 bits per heavy atom. The summed E-state index contributed by atoms with van der Waals surface area (Å²) in [5.74, 6) is -0.103. The van der Waals surface area contributed by atoms with E-state index in [9.17, 15) is 9.90 Å². The molecule has 1 amide bonds. The molecule has 2 aromatic carbocycles. The first-order valence-electron chi connectivity index (χ1n) is 5.53. The van der Waals surface area contributed by atoms with Gasteiger partial charge in [-0.05, 0) is 42.8 Å². The Morgan fingerprint density at radius 2 is 1.94 bits per heavy atom. The maximum Gasteiger partial charge on any atom is 0.255 e. The highest BCUT2D eigenvalue weighted by molar-refractivity contribution is 6.06. The van der Waals surface area contributed by atoms with E-state index in [1.165, 1.54) is 6.07 Å². The highest BCUT2D eigenvalue weighted by atomic mass is 16.3. The van der Waals surface area contributed by atoms with Crippen LogP contribution in [-0.2, 0) is 0 Å². The van der Waals surface area contributed by atoms with E-state index in [4.69, 9.17) is 5.73 Å². The van der Waals surface area contributed by atoms with Gasteiger partial charge in [0.25, 0.3) is 5.91 Å². The van der Waals surface area contributed by atoms with Crippen molar-refractivity contribution in [3.8, 4) is 5.75 Å². The molecular formula is C14H14N2O2. The number of nitrogens with two attached hydrogens (primary N) is 1. The minimum Gasteiger partial charge on any atom is -0.508 e. The van der Waals surface area contributed by atoms with Crippen LogP contribution in [0.5, 0.6) is 5.75 Å². The van der Waals surface area contributed by atoms with Crippen LogP contribution in [0, 0.1) is 6.92 Å². The second kappa shape index (κ2) is 4.79. The Kier molecular flexibility index (Phi) is 3.19. The van der Waals surface area contributed by atoms with E-state index in [2.05, 4.69) is 5.32 Å². The largest absolute Gasteiger partial charge is 0.508 e. The fraction of sp³-hybridized carbons (Fsp3) is 0.0714. The molecule has 4 heteroatoms. The molecule has 0 bridgehead atoms. The number of hydrogen-bond donors (Lipinski definition) is 3. The number of amides is 1. The van der Waals surface area contributed by atoms with Gasteiger partial charge in [-0.2, -0.15) is 0 Å². The number of hydrogen-bond acceptors (Lipinski definition) is 3. The van der Waals surface area contributed by atoms with E-state index in [0.29, 0.717) is 22.5 Å². The second-order valence-electron chi connectivity index (χ2n) is 4.04. The number of phenols is 1. The lowest BCUT2D eigenvalue weighted by Gasteiger charge is -2.09. The molecule has 2 aromatic rings. The van der Waals surface area contributed by atoms with E-state index in [0.717, 1.165) is 0 Å². The van der Waals surface area contributed by atoms with E-state index in [1.54, 1.807) is 43.3 Å².